The minimum absolute atomic E-state index is 0.516. The molecule has 0 bridgehead atoms. The fourth-order valence-corrected chi connectivity index (χ4v) is 2.18. The summed E-state index contributed by atoms with van der Waals surface area (Å²) < 4.78 is 7.36. The molecular formula is C14H19N3O. The van der Waals surface area contributed by atoms with Crippen LogP contribution < -0.4 is 10.5 Å². The lowest BCUT2D eigenvalue weighted by molar-refractivity contribution is 0.415. The first-order valence-corrected chi connectivity index (χ1v) is 5.90. The van der Waals surface area contributed by atoms with E-state index in [1.54, 1.807) is 7.11 Å². The van der Waals surface area contributed by atoms with Gasteiger partial charge in [-0.3, -0.25) is 0 Å². The lowest BCUT2D eigenvalue weighted by Gasteiger charge is -2.13. The standard InChI is InChI=1S/C14H19N3O/c1-8-6-11(12(18-5)7-9(8)2)13-10(3)16-14(15)17(13)4/h6-7H,1-5H3,(H2,15,16). The summed E-state index contributed by atoms with van der Waals surface area (Å²) in [5.41, 5.74) is 11.2. The van der Waals surface area contributed by atoms with E-state index in [9.17, 15) is 0 Å². The van der Waals surface area contributed by atoms with Crippen LogP contribution in [0.1, 0.15) is 16.8 Å². The second-order valence-electron chi connectivity index (χ2n) is 4.60. The maximum atomic E-state index is 5.85. The number of aromatic nitrogens is 2. The Bertz CT molecular complexity index is 600. The lowest BCUT2D eigenvalue weighted by Crippen LogP contribution is -2.00. The topological polar surface area (TPSA) is 53.1 Å². The van der Waals surface area contributed by atoms with E-state index in [2.05, 4.69) is 24.9 Å². The van der Waals surface area contributed by atoms with Crippen molar-refractivity contribution in [1.29, 1.82) is 0 Å². The summed E-state index contributed by atoms with van der Waals surface area (Å²) in [5.74, 6) is 1.37. The van der Waals surface area contributed by atoms with Crippen LogP contribution >= 0.6 is 0 Å². The molecule has 0 aliphatic carbocycles. The Kier molecular flexibility index (Phi) is 3.03. The van der Waals surface area contributed by atoms with Gasteiger partial charge in [0.05, 0.1) is 18.5 Å². The molecule has 18 heavy (non-hydrogen) atoms. The SMILES string of the molecule is COc1cc(C)c(C)cc1-c1c(C)nc(N)n1C. The normalized spacial score (nSPS) is 10.7. The van der Waals surface area contributed by atoms with Crippen LogP contribution in [-0.2, 0) is 7.05 Å². The van der Waals surface area contributed by atoms with Crippen molar-refractivity contribution in [3.63, 3.8) is 0 Å². The van der Waals surface area contributed by atoms with Gasteiger partial charge in [0.2, 0.25) is 5.95 Å². The summed E-state index contributed by atoms with van der Waals surface area (Å²) in [6.45, 7) is 6.12. The molecule has 0 radical (unpaired) electrons. The predicted octanol–water partition coefficient (Wildman–Crippen LogP) is 2.60. The van der Waals surface area contributed by atoms with Gasteiger partial charge in [0.15, 0.2) is 0 Å². The number of hydrogen-bond acceptors (Lipinski definition) is 3. The number of nitrogen functional groups attached to an aromatic ring is 1. The minimum atomic E-state index is 0.516. The van der Waals surface area contributed by atoms with Crippen molar-refractivity contribution in [2.75, 3.05) is 12.8 Å². The largest absolute Gasteiger partial charge is 0.496 e. The molecule has 96 valence electrons. The summed E-state index contributed by atoms with van der Waals surface area (Å²) in [6, 6.07) is 4.17. The van der Waals surface area contributed by atoms with Gasteiger partial charge in [0.1, 0.15) is 5.75 Å². The van der Waals surface area contributed by atoms with Crippen molar-refractivity contribution in [2.24, 2.45) is 7.05 Å². The highest BCUT2D eigenvalue weighted by atomic mass is 16.5. The zero-order valence-corrected chi connectivity index (χ0v) is 11.5. The zero-order chi connectivity index (χ0) is 13.4. The molecule has 0 atom stereocenters. The van der Waals surface area contributed by atoms with Crippen molar-refractivity contribution in [2.45, 2.75) is 20.8 Å². The predicted molar refractivity (Wildman–Crippen MR) is 73.8 cm³/mol. The highest BCUT2D eigenvalue weighted by Gasteiger charge is 2.16. The van der Waals surface area contributed by atoms with E-state index in [4.69, 9.17) is 10.5 Å². The van der Waals surface area contributed by atoms with E-state index in [1.165, 1.54) is 11.1 Å². The van der Waals surface area contributed by atoms with E-state index in [-0.39, 0.29) is 0 Å². The molecule has 0 saturated carbocycles. The van der Waals surface area contributed by atoms with Gasteiger partial charge in [0, 0.05) is 12.6 Å². The van der Waals surface area contributed by atoms with E-state index >= 15 is 0 Å². The molecule has 2 N–H and O–H groups in total. The third kappa shape index (κ3) is 1.83. The quantitative estimate of drug-likeness (QED) is 0.884. The Hall–Kier alpha value is -1.97. The molecule has 0 unspecified atom stereocenters. The number of rotatable bonds is 2. The van der Waals surface area contributed by atoms with Crippen LogP contribution in [0.5, 0.6) is 5.75 Å². The van der Waals surface area contributed by atoms with E-state index < -0.39 is 0 Å². The summed E-state index contributed by atoms with van der Waals surface area (Å²) in [7, 11) is 3.60. The zero-order valence-electron chi connectivity index (χ0n) is 11.5. The maximum absolute atomic E-state index is 5.85. The number of imidazole rings is 1. The lowest BCUT2D eigenvalue weighted by atomic mass is 10.0. The van der Waals surface area contributed by atoms with Crippen molar-refractivity contribution < 1.29 is 4.74 Å². The Balaban J connectivity index is 2.74. The number of aryl methyl sites for hydroxylation is 3. The number of nitrogens with zero attached hydrogens (tertiary/aromatic N) is 2. The molecule has 0 aliphatic heterocycles. The summed E-state index contributed by atoms with van der Waals surface area (Å²) in [5, 5.41) is 0. The van der Waals surface area contributed by atoms with Crippen LogP contribution in [0.25, 0.3) is 11.3 Å². The van der Waals surface area contributed by atoms with E-state index in [1.807, 2.05) is 24.6 Å². The summed E-state index contributed by atoms with van der Waals surface area (Å²) in [4.78, 5) is 4.30. The second kappa shape index (κ2) is 4.37. The molecule has 0 amide bonds. The van der Waals surface area contributed by atoms with Gasteiger partial charge in [-0.1, -0.05) is 0 Å². The van der Waals surface area contributed by atoms with E-state index in [0.717, 1.165) is 22.7 Å². The number of ether oxygens (including phenoxy) is 1. The first-order chi connectivity index (χ1) is 8.45. The molecule has 4 heteroatoms. The average molecular weight is 245 g/mol. The Morgan fingerprint density at radius 2 is 1.78 bits per heavy atom. The molecule has 1 aromatic heterocycles. The first-order valence-electron chi connectivity index (χ1n) is 5.90. The highest BCUT2D eigenvalue weighted by Crippen LogP contribution is 2.35. The molecule has 4 nitrogen and oxygen atoms in total. The van der Waals surface area contributed by atoms with Gasteiger partial charge in [-0.2, -0.15) is 0 Å². The molecular weight excluding hydrogens is 226 g/mol. The molecule has 1 aromatic carbocycles. The molecule has 0 spiro atoms. The second-order valence-corrected chi connectivity index (χ2v) is 4.60. The van der Waals surface area contributed by atoms with Gasteiger partial charge in [0.25, 0.3) is 0 Å². The Labute approximate surface area is 107 Å². The monoisotopic (exact) mass is 245 g/mol. The Morgan fingerprint density at radius 1 is 1.17 bits per heavy atom. The molecule has 1 heterocycles. The summed E-state index contributed by atoms with van der Waals surface area (Å²) in [6.07, 6.45) is 0. The fraction of sp³-hybridized carbons (Fsp3) is 0.357. The van der Waals surface area contributed by atoms with Crippen LogP contribution in [-0.4, -0.2) is 16.7 Å². The van der Waals surface area contributed by atoms with Crippen molar-refractivity contribution in [3.05, 3.63) is 29.0 Å². The summed E-state index contributed by atoms with van der Waals surface area (Å²) >= 11 is 0. The van der Waals surface area contributed by atoms with Crippen LogP contribution in [0.3, 0.4) is 0 Å². The highest BCUT2D eigenvalue weighted by molar-refractivity contribution is 5.72. The number of nitrogens with two attached hydrogens (primary N) is 1. The van der Waals surface area contributed by atoms with Gasteiger partial charge in [-0.25, -0.2) is 4.98 Å². The van der Waals surface area contributed by atoms with Crippen molar-refractivity contribution in [3.8, 4) is 17.0 Å². The smallest absolute Gasteiger partial charge is 0.200 e. The van der Waals surface area contributed by atoms with Crippen LogP contribution in [0.2, 0.25) is 0 Å². The van der Waals surface area contributed by atoms with Crippen LogP contribution in [0.4, 0.5) is 5.95 Å². The Morgan fingerprint density at radius 3 is 2.28 bits per heavy atom. The molecule has 0 saturated heterocycles. The minimum Gasteiger partial charge on any atom is -0.496 e. The van der Waals surface area contributed by atoms with Crippen LogP contribution in [0.15, 0.2) is 12.1 Å². The molecule has 0 aliphatic rings. The van der Waals surface area contributed by atoms with Crippen molar-refractivity contribution >= 4 is 5.95 Å². The van der Waals surface area contributed by atoms with Gasteiger partial charge in [-0.05, 0) is 44.0 Å². The molecule has 0 fully saturated rings. The number of anilines is 1. The van der Waals surface area contributed by atoms with Gasteiger partial charge < -0.3 is 15.0 Å². The molecule has 2 rings (SSSR count). The van der Waals surface area contributed by atoms with Crippen LogP contribution in [0, 0.1) is 20.8 Å². The number of hydrogen-bond donors (Lipinski definition) is 1. The van der Waals surface area contributed by atoms with E-state index in [0.29, 0.717) is 5.95 Å². The maximum Gasteiger partial charge on any atom is 0.200 e. The average Bonchev–Trinajstić information content (AvgIpc) is 2.57. The fourth-order valence-electron chi connectivity index (χ4n) is 2.18. The number of methoxy groups -OCH3 is 1. The number of benzene rings is 1. The molecule has 2 aromatic rings. The third-order valence-corrected chi connectivity index (χ3v) is 3.37. The third-order valence-electron chi connectivity index (χ3n) is 3.37. The van der Waals surface area contributed by atoms with Gasteiger partial charge in [-0.15, -0.1) is 0 Å². The first kappa shape index (κ1) is 12.5. The van der Waals surface area contributed by atoms with Gasteiger partial charge >= 0.3 is 0 Å². The van der Waals surface area contributed by atoms with Crippen molar-refractivity contribution in [1.82, 2.24) is 9.55 Å².